The molecule has 108 heavy (non-hydrogen) atoms. The van der Waals surface area contributed by atoms with Gasteiger partial charge in [-0.25, -0.2) is 19.2 Å². The first kappa shape index (κ1) is 72.5. The van der Waals surface area contributed by atoms with Gasteiger partial charge in [0.2, 0.25) is 0 Å². The number of hydrogen-bond acceptors (Lipinski definition) is 12. The van der Waals surface area contributed by atoms with E-state index in [1.807, 2.05) is 48.5 Å². The molecule has 1 aliphatic heterocycles. The number of fused-ring (bicyclic) bond motifs is 8. The van der Waals surface area contributed by atoms with Crippen LogP contribution < -0.4 is 18.9 Å². The van der Waals surface area contributed by atoms with Gasteiger partial charge in [-0.15, -0.1) is 0 Å². The van der Waals surface area contributed by atoms with Crippen molar-refractivity contribution in [3.63, 3.8) is 0 Å². The Kier molecular flexibility index (Phi) is 21.3. The minimum absolute atomic E-state index is 0.193. The smallest absolute Gasteiger partial charge is 0.343 e. The van der Waals surface area contributed by atoms with Crippen LogP contribution >= 0.6 is 0 Å². The predicted octanol–water partition coefficient (Wildman–Crippen LogP) is 14.5. The Labute approximate surface area is 627 Å². The molecule has 8 aromatic carbocycles. The standard InChI is InChI=1S/C92H76N4O12/c1-89(69-33-17-61(18-34-69)9-13-65-25-41-73(42-26-65)105-57-85(97)101-5)77-49-51-79(93-77)90(2,70-35-19-62(20-36-70)10-14-66-27-43-74(44-28-66)106-58-86(98)102-6)81-53-55-83(95-81)92(4,72-39-23-64(24-40-72)12-16-68-31-47-76(48-32-68)108-60-88(100)104-8)84-56-54-82(96-84)91(3,80-52-50-78(89)94-80)71-37-21-63(22-38-71)11-15-67-29-45-75(46-30-67)107-59-87(99)103-7/h17-56,93-96H,57-60H2,1-8H3. The summed E-state index contributed by atoms with van der Waals surface area (Å²) in [5.41, 5.74) is 14.4. The van der Waals surface area contributed by atoms with E-state index in [-0.39, 0.29) is 26.4 Å². The summed E-state index contributed by atoms with van der Waals surface area (Å²) in [6.07, 6.45) is 0. The molecule has 0 atom stereocenters. The summed E-state index contributed by atoms with van der Waals surface area (Å²) in [6, 6.07) is 80.2. The van der Waals surface area contributed by atoms with Crippen molar-refractivity contribution in [2.24, 2.45) is 0 Å². The first-order chi connectivity index (χ1) is 52.4. The van der Waals surface area contributed by atoms with Crippen molar-refractivity contribution in [3.8, 4) is 70.4 Å². The largest absolute Gasteiger partial charge is 0.482 e. The molecular weight excluding hydrogens is 1350 g/mol. The van der Waals surface area contributed by atoms with Crippen molar-refractivity contribution in [3.05, 3.63) is 355 Å². The zero-order valence-corrected chi connectivity index (χ0v) is 60.8. The molecule has 0 saturated heterocycles. The van der Waals surface area contributed by atoms with Crippen LogP contribution in [0.1, 0.15) is 140 Å². The second-order valence-corrected chi connectivity index (χ2v) is 26.5. The number of hydrogen-bond donors (Lipinski definition) is 4. The molecule has 0 unspecified atom stereocenters. The molecule has 0 fully saturated rings. The lowest BCUT2D eigenvalue weighted by molar-refractivity contribution is -0.143. The van der Waals surface area contributed by atoms with Gasteiger partial charge in [-0.3, -0.25) is 0 Å². The summed E-state index contributed by atoms with van der Waals surface area (Å²) >= 11 is 0. The maximum absolute atomic E-state index is 11.7. The van der Waals surface area contributed by atoms with Crippen LogP contribution in [0, 0.1) is 47.4 Å². The van der Waals surface area contributed by atoms with Crippen molar-refractivity contribution in [1.29, 1.82) is 0 Å². The minimum Gasteiger partial charge on any atom is -0.482 e. The average Bonchev–Trinajstić information content (AvgIpc) is 1.56. The molecule has 16 heteroatoms. The van der Waals surface area contributed by atoms with Crippen molar-refractivity contribution < 1.29 is 57.1 Å². The molecule has 0 radical (unpaired) electrons. The molecule has 0 aliphatic carbocycles. The molecule has 1 aliphatic rings. The van der Waals surface area contributed by atoms with Gasteiger partial charge >= 0.3 is 23.9 Å². The van der Waals surface area contributed by atoms with Gasteiger partial charge in [-0.05, 0) is 244 Å². The molecule has 536 valence electrons. The number of esters is 4. The third-order valence-corrected chi connectivity index (χ3v) is 20.1. The van der Waals surface area contributed by atoms with Crippen molar-refractivity contribution >= 4 is 23.9 Å². The normalized spacial score (nSPS) is 16.7. The van der Waals surface area contributed by atoms with E-state index in [1.54, 1.807) is 48.5 Å². The summed E-state index contributed by atoms with van der Waals surface area (Å²) in [5, 5.41) is 0. The van der Waals surface area contributed by atoms with E-state index in [2.05, 4.69) is 241 Å². The maximum atomic E-state index is 11.7. The number of carbonyl (C=O) groups excluding carboxylic acids is 4. The number of aromatic nitrogens is 4. The number of ether oxygens (including phenoxy) is 8. The van der Waals surface area contributed by atoms with E-state index in [9.17, 15) is 19.2 Å². The second kappa shape index (κ2) is 31.7. The Morgan fingerprint density at radius 3 is 0.509 bits per heavy atom. The summed E-state index contributed by atoms with van der Waals surface area (Å²) < 4.78 is 41.3. The quantitative estimate of drug-likeness (QED) is 0.0405. The average molecular weight is 1430 g/mol. The van der Waals surface area contributed by atoms with Crippen molar-refractivity contribution in [2.45, 2.75) is 49.4 Å². The Morgan fingerprint density at radius 2 is 0.370 bits per heavy atom. The van der Waals surface area contributed by atoms with E-state index >= 15 is 0 Å². The van der Waals surface area contributed by atoms with Gasteiger partial charge < -0.3 is 57.8 Å². The van der Waals surface area contributed by atoms with E-state index < -0.39 is 45.5 Å². The number of methoxy groups -OCH3 is 4. The lowest BCUT2D eigenvalue weighted by Gasteiger charge is -2.34. The van der Waals surface area contributed by atoms with Crippen LogP contribution in [0.2, 0.25) is 0 Å². The lowest BCUT2D eigenvalue weighted by atomic mass is 9.76. The first-order valence-electron chi connectivity index (χ1n) is 34.9. The van der Waals surface area contributed by atoms with Crippen LogP contribution in [0.3, 0.4) is 0 Å². The third-order valence-electron chi connectivity index (χ3n) is 20.1. The molecule has 0 amide bonds. The summed E-state index contributed by atoms with van der Waals surface area (Å²) in [7, 11) is 5.29. The molecule has 13 rings (SSSR count). The Morgan fingerprint density at radius 1 is 0.231 bits per heavy atom. The van der Waals surface area contributed by atoms with E-state index in [4.69, 9.17) is 37.9 Å². The van der Waals surface area contributed by atoms with Gasteiger partial charge in [0.05, 0.1) is 50.1 Å². The highest BCUT2D eigenvalue weighted by atomic mass is 16.6. The molecule has 12 aromatic rings. The van der Waals surface area contributed by atoms with Crippen LogP contribution in [0.4, 0.5) is 0 Å². The molecule has 0 spiro atoms. The number of rotatable bonds is 16. The Balaban J connectivity index is 0.927. The molecule has 16 nitrogen and oxygen atoms in total. The fourth-order valence-corrected chi connectivity index (χ4v) is 13.2. The summed E-state index contributed by atoms with van der Waals surface area (Å²) in [5.74, 6) is 26.9. The fourth-order valence-electron chi connectivity index (χ4n) is 13.2. The number of H-pyrrole nitrogens is 4. The van der Waals surface area contributed by atoms with Crippen molar-refractivity contribution in [2.75, 3.05) is 54.9 Å². The maximum Gasteiger partial charge on any atom is 0.343 e. The van der Waals surface area contributed by atoms with E-state index in [0.717, 1.165) is 112 Å². The highest BCUT2D eigenvalue weighted by Gasteiger charge is 2.44. The summed E-state index contributed by atoms with van der Waals surface area (Å²) in [6.45, 7) is 8.22. The number of aromatic amines is 4. The van der Waals surface area contributed by atoms with Gasteiger partial charge in [0.25, 0.3) is 0 Å². The highest BCUT2D eigenvalue weighted by Crippen LogP contribution is 2.48. The molecule has 8 bridgehead atoms. The van der Waals surface area contributed by atoms with Gasteiger partial charge in [0.1, 0.15) is 23.0 Å². The molecule has 0 saturated carbocycles. The number of carbonyl (C=O) groups is 4. The van der Waals surface area contributed by atoms with Gasteiger partial charge in [-0.1, -0.05) is 95.9 Å². The van der Waals surface area contributed by atoms with Crippen LogP contribution in [0.5, 0.6) is 23.0 Å². The predicted molar refractivity (Wildman–Crippen MR) is 411 cm³/mol. The topological polar surface area (TPSA) is 205 Å². The Hall–Kier alpha value is -13.8. The van der Waals surface area contributed by atoms with Crippen LogP contribution in [-0.4, -0.2) is 98.7 Å². The SMILES string of the molecule is COC(=O)COc1ccc(C#Cc2ccc(C3(C)c4ccc([nH]4)C(C)(c4ccc(C#Cc5ccc(OCC(=O)OC)cc5)cc4)c4ccc([nH]4)C(C)(c4ccc(C#Cc5ccc(OCC(=O)OC)cc5)cc4)c4ccc([nH]4)C(C)(c4ccc(C#Cc5ccc(OCC(=O)OC)cc5)cc4)c4ccc3[nH]4)cc2)cc1. The molecule has 4 N–H and O–H groups in total. The van der Waals surface area contributed by atoms with Gasteiger partial charge in [-0.2, -0.15) is 0 Å². The second-order valence-electron chi connectivity index (χ2n) is 26.5. The minimum atomic E-state index is -0.846. The van der Waals surface area contributed by atoms with E-state index in [0.29, 0.717) is 23.0 Å². The molecule has 4 aromatic heterocycles. The molecule has 5 heterocycles. The zero-order valence-electron chi connectivity index (χ0n) is 60.8. The zero-order chi connectivity index (χ0) is 75.4. The van der Waals surface area contributed by atoms with Gasteiger partial charge in [0, 0.05) is 90.1 Å². The third kappa shape index (κ3) is 15.5. The number of benzene rings is 8. The van der Waals surface area contributed by atoms with Crippen LogP contribution in [-0.2, 0) is 59.8 Å². The number of nitrogens with one attached hydrogen (secondary N) is 4. The van der Waals surface area contributed by atoms with E-state index in [1.165, 1.54) is 28.4 Å². The van der Waals surface area contributed by atoms with Crippen LogP contribution in [0.15, 0.2) is 243 Å². The monoisotopic (exact) mass is 1430 g/mol. The first-order valence-corrected chi connectivity index (χ1v) is 34.9. The summed E-state index contributed by atoms with van der Waals surface area (Å²) in [4.78, 5) is 63.3. The molecular formula is C92H76N4O12. The Bertz CT molecular complexity index is 4750. The van der Waals surface area contributed by atoms with Gasteiger partial charge in [0.15, 0.2) is 26.4 Å². The highest BCUT2D eigenvalue weighted by molar-refractivity contribution is 5.72. The lowest BCUT2D eigenvalue weighted by Crippen LogP contribution is -2.32. The van der Waals surface area contributed by atoms with Crippen molar-refractivity contribution in [1.82, 2.24) is 19.9 Å². The van der Waals surface area contributed by atoms with Crippen LogP contribution in [0.25, 0.3) is 0 Å². The fraction of sp³-hybridized carbons (Fsp3) is 0.174.